The zero-order chi connectivity index (χ0) is 21.8. The minimum Gasteiger partial charge on any atom is -0.495 e. The largest absolute Gasteiger partial charge is 0.495 e. The summed E-state index contributed by atoms with van der Waals surface area (Å²) in [5.41, 5.74) is 7.74. The second-order valence-electron chi connectivity index (χ2n) is 7.82. The second kappa shape index (κ2) is 9.64. The summed E-state index contributed by atoms with van der Waals surface area (Å²) in [4.78, 5) is 31.9. The standard InChI is InChI=1S/C22H26ClN5O3/c1-31-20-6-5-15(23)12-18(20)25-21(29)14-7-10-28(11-8-14)22(30)19-13-17(26-27-19)16-4-2-3-9-24-16/h2-6,9,12,14,17,19,26-27H,7-8,10-11,13H2,1H3,(H,25,29). The number of halogens is 1. The molecule has 1 aromatic carbocycles. The van der Waals surface area contributed by atoms with Crippen molar-refractivity contribution in [3.63, 3.8) is 0 Å². The SMILES string of the molecule is COc1ccc(Cl)cc1NC(=O)C1CCN(C(=O)C2CC(c3ccccn3)NN2)CC1. The highest BCUT2D eigenvalue weighted by Gasteiger charge is 2.35. The Morgan fingerprint density at radius 3 is 2.71 bits per heavy atom. The molecule has 8 nitrogen and oxygen atoms in total. The van der Waals surface area contributed by atoms with Crippen LogP contribution in [0, 0.1) is 5.92 Å². The molecule has 1 aromatic heterocycles. The molecule has 2 aliphatic rings. The monoisotopic (exact) mass is 443 g/mol. The van der Waals surface area contributed by atoms with Crippen LogP contribution in [0.25, 0.3) is 0 Å². The smallest absolute Gasteiger partial charge is 0.241 e. The van der Waals surface area contributed by atoms with Gasteiger partial charge in [-0.3, -0.25) is 14.6 Å². The number of likely N-dealkylation sites (tertiary alicyclic amines) is 1. The van der Waals surface area contributed by atoms with Gasteiger partial charge in [0.25, 0.3) is 0 Å². The average Bonchev–Trinajstić information content (AvgIpc) is 3.30. The Hall–Kier alpha value is -2.68. The van der Waals surface area contributed by atoms with Crippen molar-refractivity contribution < 1.29 is 14.3 Å². The summed E-state index contributed by atoms with van der Waals surface area (Å²) < 4.78 is 5.29. The van der Waals surface area contributed by atoms with Gasteiger partial charge in [0.1, 0.15) is 11.8 Å². The Kier molecular flexibility index (Phi) is 6.70. The zero-order valence-electron chi connectivity index (χ0n) is 17.3. The van der Waals surface area contributed by atoms with Crippen molar-refractivity contribution >= 4 is 29.1 Å². The molecule has 164 valence electrons. The van der Waals surface area contributed by atoms with E-state index >= 15 is 0 Å². The van der Waals surface area contributed by atoms with E-state index in [4.69, 9.17) is 16.3 Å². The molecule has 0 aliphatic carbocycles. The van der Waals surface area contributed by atoms with Gasteiger partial charge in [0.15, 0.2) is 0 Å². The van der Waals surface area contributed by atoms with Gasteiger partial charge in [0.05, 0.1) is 24.5 Å². The molecular formula is C22H26ClN5O3. The van der Waals surface area contributed by atoms with Crippen molar-refractivity contribution in [2.75, 3.05) is 25.5 Å². The molecule has 31 heavy (non-hydrogen) atoms. The number of hydrogen-bond donors (Lipinski definition) is 3. The third kappa shape index (κ3) is 4.98. The van der Waals surface area contributed by atoms with Crippen LogP contribution in [0.3, 0.4) is 0 Å². The Labute approximate surface area is 186 Å². The van der Waals surface area contributed by atoms with Crippen molar-refractivity contribution in [1.82, 2.24) is 20.7 Å². The van der Waals surface area contributed by atoms with Gasteiger partial charge in [-0.2, -0.15) is 0 Å². The third-order valence-corrected chi connectivity index (χ3v) is 6.08. The molecule has 2 amide bonds. The fraction of sp³-hybridized carbons (Fsp3) is 0.409. The van der Waals surface area contributed by atoms with Gasteiger partial charge < -0.3 is 15.0 Å². The fourth-order valence-corrected chi connectivity index (χ4v) is 4.26. The van der Waals surface area contributed by atoms with E-state index in [0.717, 1.165) is 5.69 Å². The number of piperidine rings is 1. The molecule has 2 atom stereocenters. The molecule has 2 saturated heterocycles. The van der Waals surface area contributed by atoms with Gasteiger partial charge in [-0.25, -0.2) is 10.9 Å². The van der Waals surface area contributed by atoms with Crippen LogP contribution >= 0.6 is 11.6 Å². The number of hydrazine groups is 1. The van der Waals surface area contributed by atoms with Crippen LogP contribution in [-0.2, 0) is 9.59 Å². The number of hydrogen-bond acceptors (Lipinski definition) is 6. The highest BCUT2D eigenvalue weighted by Crippen LogP contribution is 2.29. The first-order chi connectivity index (χ1) is 15.0. The topological polar surface area (TPSA) is 95.6 Å². The molecule has 0 bridgehead atoms. The van der Waals surface area contributed by atoms with E-state index in [1.165, 1.54) is 0 Å². The maximum absolute atomic E-state index is 12.9. The quantitative estimate of drug-likeness (QED) is 0.657. The minimum atomic E-state index is -0.298. The van der Waals surface area contributed by atoms with E-state index in [1.54, 1.807) is 31.5 Å². The van der Waals surface area contributed by atoms with Crippen LogP contribution in [0.5, 0.6) is 5.75 Å². The molecule has 2 aromatic rings. The Morgan fingerprint density at radius 2 is 2.00 bits per heavy atom. The van der Waals surface area contributed by atoms with Crippen molar-refractivity contribution in [1.29, 1.82) is 0 Å². The number of anilines is 1. The molecule has 2 unspecified atom stereocenters. The number of methoxy groups -OCH3 is 1. The summed E-state index contributed by atoms with van der Waals surface area (Å²) in [5.74, 6) is 0.376. The number of nitrogens with one attached hydrogen (secondary N) is 3. The number of aromatic nitrogens is 1. The summed E-state index contributed by atoms with van der Waals surface area (Å²) in [6.45, 7) is 1.10. The molecule has 9 heteroatoms. The maximum atomic E-state index is 12.9. The van der Waals surface area contributed by atoms with Crippen molar-refractivity contribution in [2.45, 2.75) is 31.3 Å². The zero-order valence-corrected chi connectivity index (χ0v) is 18.1. The summed E-state index contributed by atoms with van der Waals surface area (Å²) in [6.07, 6.45) is 3.63. The minimum absolute atomic E-state index is 0.00569. The van der Waals surface area contributed by atoms with Gasteiger partial charge in [0, 0.05) is 30.2 Å². The van der Waals surface area contributed by atoms with E-state index < -0.39 is 0 Å². The van der Waals surface area contributed by atoms with Crippen LogP contribution in [-0.4, -0.2) is 47.9 Å². The Balaban J connectivity index is 1.29. The number of nitrogens with zero attached hydrogens (tertiary/aromatic N) is 2. The molecule has 3 heterocycles. The molecule has 4 rings (SSSR count). The molecule has 3 N–H and O–H groups in total. The summed E-state index contributed by atoms with van der Waals surface area (Å²) >= 11 is 6.04. The van der Waals surface area contributed by atoms with Crippen LogP contribution in [0.4, 0.5) is 5.69 Å². The number of carbonyl (C=O) groups is 2. The summed E-state index contributed by atoms with van der Waals surface area (Å²) in [7, 11) is 1.55. The van der Waals surface area contributed by atoms with E-state index in [2.05, 4.69) is 21.2 Å². The van der Waals surface area contributed by atoms with Gasteiger partial charge in [0.2, 0.25) is 11.8 Å². The Bertz CT molecular complexity index is 934. The molecular weight excluding hydrogens is 418 g/mol. The van der Waals surface area contributed by atoms with E-state index in [-0.39, 0.29) is 29.8 Å². The van der Waals surface area contributed by atoms with Crippen LogP contribution in [0.2, 0.25) is 5.02 Å². The van der Waals surface area contributed by atoms with Gasteiger partial charge in [-0.1, -0.05) is 17.7 Å². The van der Waals surface area contributed by atoms with E-state index in [0.29, 0.717) is 48.8 Å². The number of ether oxygens (including phenoxy) is 1. The first-order valence-electron chi connectivity index (χ1n) is 10.4. The van der Waals surface area contributed by atoms with E-state index in [9.17, 15) is 9.59 Å². The van der Waals surface area contributed by atoms with Crippen LogP contribution < -0.4 is 20.9 Å². The second-order valence-corrected chi connectivity index (χ2v) is 8.25. The van der Waals surface area contributed by atoms with Gasteiger partial charge >= 0.3 is 0 Å². The number of benzene rings is 1. The molecule has 2 fully saturated rings. The molecule has 0 spiro atoms. The highest BCUT2D eigenvalue weighted by atomic mass is 35.5. The lowest BCUT2D eigenvalue weighted by Crippen LogP contribution is -2.49. The number of pyridine rings is 1. The van der Waals surface area contributed by atoms with Crippen LogP contribution in [0.1, 0.15) is 31.0 Å². The Morgan fingerprint density at radius 1 is 1.19 bits per heavy atom. The third-order valence-electron chi connectivity index (χ3n) is 5.84. The normalized spacial score (nSPS) is 21.7. The highest BCUT2D eigenvalue weighted by molar-refractivity contribution is 6.31. The fourth-order valence-electron chi connectivity index (χ4n) is 4.09. The van der Waals surface area contributed by atoms with Crippen molar-refractivity contribution in [2.24, 2.45) is 5.92 Å². The maximum Gasteiger partial charge on any atom is 0.241 e. The molecule has 0 saturated carbocycles. The van der Waals surface area contributed by atoms with Gasteiger partial charge in [-0.05, 0) is 49.6 Å². The van der Waals surface area contributed by atoms with Gasteiger partial charge in [-0.15, -0.1) is 0 Å². The molecule has 2 aliphatic heterocycles. The van der Waals surface area contributed by atoms with Crippen molar-refractivity contribution in [3.05, 3.63) is 53.3 Å². The lowest BCUT2D eigenvalue weighted by Gasteiger charge is -2.33. The predicted molar refractivity (Wildman–Crippen MR) is 118 cm³/mol. The number of amides is 2. The average molecular weight is 444 g/mol. The lowest BCUT2D eigenvalue weighted by atomic mass is 9.95. The number of carbonyl (C=O) groups excluding carboxylic acids is 2. The lowest BCUT2D eigenvalue weighted by molar-refractivity contribution is -0.136. The summed E-state index contributed by atoms with van der Waals surface area (Å²) in [6, 6.07) is 10.6. The predicted octanol–water partition coefficient (Wildman–Crippen LogP) is 2.53. The van der Waals surface area contributed by atoms with Crippen molar-refractivity contribution in [3.8, 4) is 5.75 Å². The molecule has 0 radical (unpaired) electrons. The number of rotatable bonds is 5. The van der Waals surface area contributed by atoms with Crippen LogP contribution in [0.15, 0.2) is 42.6 Å². The first kappa shape index (κ1) is 21.5. The van der Waals surface area contributed by atoms with E-state index in [1.807, 2.05) is 23.1 Å². The summed E-state index contributed by atoms with van der Waals surface area (Å²) in [5, 5.41) is 3.44. The first-order valence-corrected chi connectivity index (χ1v) is 10.8.